The Labute approximate surface area is 93.5 Å². The number of nitrogens with two attached hydrogens (primary N) is 1. The maximum Gasteiger partial charge on any atom is 0.389 e. The van der Waals surface area contributed by atoms with Crippen LogP contribution < -0.4 is 11.3 Å². The van der Waals surface area contributed by atoms with Crippen LogP contribution >= 0.6 is 0 Å². The molecule has 0 amide bonds. The van der Waals surface area contributed by atoms with Gasteiger partial charge < -0.3 is 4.74 Å². The number of ether oxygens (including phenoxy) is 1. The number of hydrazine groups is 1. The molecule has 1 saturated heterocycles. The largest absolute Gasteiger partial charge is 0.389 e. The fourth-order valence-corrected chi connectivity index (χ4v) is 2.11. The topological polar surface area (TPSA) is 47.3 Å². The molecule has 96 valence electrons. The summed E-state index contributed by atoms with van der Waals surface area (Å²) in [6, 6.07) is -0.0766. The maximum atomic E-state index is 12.0. The van der Waals surface area contributed by atoms with Crippen molar-refractivity contribution in [1.82, 2.24) is 5.43 Å². The lowest BCUT2D eigenvalue weighted by molar-refractivity contribution is -0.136. The number of halogens is 3. The van der Waals surface area contributed by atoms with Crippen molar-refractivity contribution in [1.29, 1.82) is 0 Å². The molecule has 1 fully saturated rings. The first kappa shape index (κ1) is 13.7. The molecule has 1 heterocycles. The van der Waals surface area contributed by atoms with Crippen molar-refractivity contribution in [3.63, 3.8) is 0 Å². The van der Waals surface area contributed by atoms with Crippen LogP contribution in [0.25, 0.3) is 0 Å². The third-order valence-electron chi connectivity index (χ3n) is 2.99. The molecule has 3 unspecified atom stereocenters. The van der Waals surface area contributed by atoms with E-state index in [4.69, 9.17) is 10.6 Å². The lowest BCUT2D eigenvalue weighted by atomic mass is 9.93. The van der Waals surface area contributed by atoms with Gasteiger partial charge in [0.1, 0.15) is 0 Å². The Balaban J connectivity index is 2.27. The SMILES string of the molecule is CC1CC(C(CCCC(F)(F)F)NN)CO1. The number of nitrogens with one attached hydrogen (secondary N) is 1. The second-order valence-electron chi connectivity index (χ2n) is 4.42. The van der Waals surface area contributed by atoms with Crippen LogP contribution in [0.3, 0.4) is 0 Å². The van der Waals surface area contributed by atoms with Gasteiger partial charge in [0.25, 0.3) is 0 Å². The molecule has 0 saturated carbocycles. The number of alkyl halides is 3. The average Bonchev–Trinajstić information content (AvgIpc) is 2.58. The van der Waals surface area contributed by atoms with Gasteiger partial charge in [-0.2, -0.15) is 13.2 Å². The van der Waals surface area contributed by atoms with Gasteiger partial charge in [0.05, 0.1) is 12.7 Å². The smallest absolute Gasteiger partial charge is 0.378 e. The lowest BCUT2D eigenvalue weighted by Crippen LogP contribution is -2.41. The first-order chi connectivity index (χ1) is 7.42. The Bertz CT molecular complexity index is 211. The molecular weight excluding hydrogens is 221 g/mol. The van der Waals surface area contributed by atoms with E-state index in [0.717, 1.165) is 6.42 Å². The minimum atomic E-state index is -4.07. The zero-order chi connectivity index (χ0) is 12.2. The summed E-state index contributed by atoms with van der Waals surface area (Å²) in [6.07, 6.45) is -3.21. The normalized spacial score (nSPS) is 28.3. The third-order valence-corrected chi connectivity index (χ3v) is 2.99. The Morgan fingerprint density at radius 3 is 2.62 bits per heavy atom. The summed E-state index contributed by atoms with van der Waals surface area (Å²) >= 11 is 0. The van der Waals surface area contributed by atoms with Gasteiger partial charge in [0.15, 0.2) is 0 Å². The molecule has 1 aliphatic heterocycles. The first-order valence-electron chi connectivity index (χ1n) is 5.57. The molecule has 3 nitrogen and oxygen atoms in total. The molecule has 0 aromatic heterocycles. The number of rotatable bonds is 5. The standard InChI is InChI=1S/C10H19F3N2O/c1-7-5-8(6-16-7)9(15-14)3-2-4-10(11,12)13/h7-9,15H,2-6,14H2,1H3. The Morgan fingerprint density at radius 1 is 1.50 bits per heavy atom. The van der Waals surface area contributed by atoms with E-state index in [9.17, 15) is 13.2 Å². The van der Waals surface area contributed by atoms with Crippen LogP contribution in [0.2, 0.25) is 0 Å². The van der Waals surface area contributed by atoms with Crippen molar-refractivity contribution in [2.24, 2.45) is 11.8 Å². The minimum Gasteiger partial charge on any atom is -0.378 e. The second kappa shape index (κ2) is 5.84. The van der Waals surface area contributed by atoms with E-state index >= 15 is 0 Å². The zero-order valence-electron chi connectivity index (χ0n) is 9.39. The number of hydrogen-bond acceptors (Lipinski definition) is 3. The first-order valence-corrected chi connectivity index (χ1v) is 5.57. The van der Waals surface area contributed by atoms with Crippen LogP contribution in [-0.2, 0) is 4.74 Å². The van der Waals surface area contributed by atoms with E-state index in [1.54, 1.807) is 0 Å². The third kappa shape index (κ3) is 4.67. The van der Waals surface area contributed by atoms with E-state index in [1.807, 2.05) is 6.92 Å². The summed E-state index contributed by atoms with van der Waals surface area (Å²) in [4.78, 5) is 0. The molecule has 0 aromatic rings. The van der Waals surface area contributed by atoms with E-state index in [1.165, 1.54) is 0 Å². The Hall–Kier alpha value is -0.330. The van der Waals surface area contributed by atoms with Crippen molar-refractivity contribution >= 4 is 0 Å². The quantitative estimate of drug-likeness (QED) is 0.570. The molecule has 3 N–H and O–H groups in total. The lowest BCUT2D eigenvalue weighted by Gasteiger charge is -2.21. The predicted molar refractivity (Wildman–Crippen MR) is 54.5 cm³/mol. The summed E-state index contributed by atoms with van der Waals surface area (Å²) < 4.78 is 41.3. The molecule has 1 rings (SSSR count). The molecule has 6 heteroatoms. The molecule has 0 bridgehead atoms. The van der Waals surface area contributed by atoms with Crippen LogP contribution in [0.5, 0.6) is 0 Å². The van der Waals surface area contributed by atoms with Crippen molar-refractivity contribution in [3.8, 4) is 0 Å². The average molecular weight is 240 g/mol. The molecule has 0 aromatic carbocycles. The minimum absolute atomic E-state index is 0.0766. The fourth-order valence-electron chi connectivity index (χ4n) is 2.11. The summed E-state index contributed by atoms with van der Waals surface area (Å²) in [5, 5.41) is 0. The van der Waals surface area contributed by atoms with Gasteiger partial charge in [0, 0.05) is 18.4 Å². The second-order valence-corrected chi connectivity index (χ2v) is 4.42. The van der Waals surface area contributed by atoms with Crippen LogP contribution in [-0.4, -0.2) is 24.9 Å². The van der Waals surface area contributed by atoms with Crippen LogP contribution in [0, 0.1) is 5.92 Å². The Kier molecular flexibility index (Phi) is 5.01. The highest BCUT2D eigenvalue weighted by Gasteiger charge is 2.31. The molecule has 16 heavy (non-hydrogen) atoms. The molecule has 1 aliphatic rings. The molecule has 0 spiro atoms. The predicted octanol–water partition coefficient (Wildman–Crippen LogP) is 1.98. The van der Waals surface area contributed by atoms with E-state index in [2.05, 4.69) is 5.43 Å². The highest BCUT2D eigenvalue weighted by atomic mass is 19.4. The van der Waals surface area contributed by atoms with Crippen molar-refractivity contribution in [2.75, 3.05) is 6.61 Å². The number of hydrogen-bond donors (Lipinski definition) is 2. The molecule has 0 radical (unpaired) electrons. The van der Waals surface area contributed by atoms with Gasteiger partial charge in [-0.1, -0.05) is 0 Å². The Morgan fingerprint density at radius 2 is 2.19 bits per heavy atom. The molecule has 3 atom stereocenters. The summed E-state index contributed by atoms with van der Waals surface area (Å²) in [5.41, 5.74) is 2.60. The van der Waals surface area contributed by atoms with E-state index in [-0.39, 0.29) is 24.5 Å². The maximum absolute atomic E-state index is 12.0. The zero-order valence-corrected chi connectivity index (χ0v) is 9.39. The van der Waals surface area contributed by atoms with Crippen LogP contribution in [0.1, 0.15) is 32.6 Å². The van der Waals surface area contributed by atoms with Crippen LogP contribution in [0.4, 0.5) is 13.2 Å². The van der Waals surface area contributed by atoms with Gasteiger partial charge in [-0.3, -0.25) is 11.3 Å². The van der Waals surface area contributed by atoms with E-state index in [0.29, 0.717) is 13.0 Å². The van der Waals surface area contributed by atoms with Gasteiger partial charge in [-0.05, 0) is 26.2 Å². The summed E-state index contributed by atoms with van der Waals surface area (Å²) in [6.45, 7) is 2.55. The monoisotopic (exact) mass is 240 g/mol. The molecular formula is C10H19F3N2O. The van der Waals surface area contributed by atoms with Gasteiger partial charge in [-0.15, -0.1) is 0 Å². The summed E-state index contributed by atoms with van der Waals surface area (Å²) in [7, 11) is 0. The molecule has 0 aliphatic carbocycles. The van der Waals surface area contributed by atoms with Gasteiger partial charge in [0.2, 0.25) is 0 Å². The summed E-state index contributed by atoms with van der Waals surface area (Å²) in [5.74, 6) is 5.59. The highest BCUT2D eigenvalue weighted by Crippen LogP contribution is 2.27. The van der Waals surface area contributed by atoms with Crippen LogP contribution in [0.15, 0.2) is 0 Å². The van der Waals surface area contributed by atoms with E-state index < -0.39 is 12.6 Å². The van der Waals surface area contributed by atoms with Crippen molar-refractivity contribution in [3.05, 3.63) is 0 Å². The van der Waals surface area contributed by atoms with Crippen molar-refractivity contribution in [2.45, 2.75) is 50.9 Å². The fraction of sp³-hybridized carbons (Fsp3) is 1.00. The van der Waals surface area contributed by atoms with Crippen molar-refractivity contribution < 1.29 is 17.9 Å². The highest BCUT2D eigenvalue weighted by molar-refractivity contribution is 4.81. The van der Waals surface area contributed by atoms with Gasteiger partial charge >= 0.3 is 6.18 Å². The van der Waals surface area contributed by atoms with Gasteiger partial charge in [-0.25, -0.2) is 0 Å².